The van der Waals surface area contributed by atoms with Crippen LogP contribution < -0.4 is 15.5 Å². The monoisotopic (exact) mass is 377 g/mol. The van der Waals surface area contributed by atoms with Gasteiger partial charge >= 0.3 is 0 Å². The van der Waals surface area contributed by atoms with Crippen molar-refractivity contribution in [2.24, 2.45) is 11.8 Å². The Morgan fingerprint density at radius 3 is 2.32 bits per heavy atom. The summed E-state index contributed by atoms with van der Waals surface area (Å²) in [6.45, 7) is 2.16. The molecule has 1 heterocycles. The summed E-state index contributed by atoms with van der Waals surface area (Å²) in [6, 6.07) is 14.9. The van der Waals surface area contributed by atoms with Gasteiger partial charge in [-0.15, -0.1) is 0 Å². The fraction of sp³-hybridized carbons (Fsp3) is 0.318. The maximum absolute atomic E-state index is 12.9. The van der Waals surface area contributed by atoms with Gasteiger partial charge in [-0.1, -0.05) is 18.2 Å². The van der Waals surface area contributed by atoms with Crippen LogP contribution >= 0.6 is 0 Å². The first kappa shape index (κ1) is 18.2. The molecular weight excluding hydrogens is 354 g/mol. The second-order valence-electron chi connectivity index (χ2n) is 7.42. The summed E-state index contributed by atoms with van der Waals surface area (Å²) in [5.41, 5.74) is 3.51. The number of fused-ring (bicyclic) bond motifs is 1. The van der Waals surface area contributed by atoms with Crippen molar-refractivity contribution >= 4 is 34.8 Å². The molecule has 6 heteroatoms. The highest BCUT2D eigenvalue weighted by Gasteiger charge is 2.50. The smallest absolute Gasteiger partial charge is 0.230 e. The van der Waals surface area contributed by atoms with Gasteiger partial charge in [-0.2, -0.15) is 0 Å². The third kappa shape index (κ3) is 3.76. The van der Waals surface area contributed by atoms with Crippen molar-refractivity contribution in [1.29, 1.82) is 0 Å². The third-order valence-corrected chi connectivity index (χ3v) is 5.29. The lowest BCUT2D eigenvalue weighted by Gasteiger charge is -2.29. The summed E-state index contributed by atoms with van der Waals surface area (Å²) in [6.07, 6.45) is 2.53. The molecule has 0 radical (unpaired) electrons. The number of nitrogens with zero attached hydrogens (tertiary/aromatic N) is 1. The number of carbonyl (C=O) groups excluding carboxylic acids is 3. The van der Waals surface area contributed by atoms with Crippen LogP contribution in [-0.2, 0) is 20.8 Å². The Balaban J connectivity index is 1.37. The molecule has 28 heavy (non-hydrogen) atoms. The average Bonchev–Trinajstić information content (AvgIpc) is 3.49. The Bertz CT molecular complexity index is 923. The van der Waals surface area contributed by atoms with E-state index >= 15 is 0 Å². The second-order valence-corrected chi connectivity index (χ2v) is 7.42. The molecule has 0 spiro atoms. The summed E-state index contributed by atoms with van der Waals surface area (Å²) in [5.74, 6) is -0.749. The number of hydrogen-bond donors (Lipinski definition) is 2. The van der Waals surface area contributed by atoms with Crippen LogP contribution in [-0.4, -0.2) is 24.3 Å². The first-order valence-corrected chi connectivity index (χ1v) is 9.61. The van der Waals surface area contributed by atoms with Gasteiger partial charge in [0.2, 0.25) is 17.7 Å². The van der Waals surface area contributed by atoms with E-state index in [-0.39, 0.29) is 29.6 Å². The molecule has 1 aliphatic heterocycles. The van der Waals surface area contributed by atoms with Crippen LogP contribution in [0.4, 0.5) is 17.1 Å². The summed E-state index contributed by atoms with van der Waals surface area (Å²) >= 11 is 0. The molecule has 1 saturated carbocycles. The Morgan fingerprint density at radius 1 is 0.929 bits per heavy atom. The summed E-state index contributed by atoms with van der Waals surface area (Å²) in [4.78, 5) is 38.4. The summed E-state index contributed by atoms with van der Waals surface area (Å²) in [5, 5.41) is 5.55. The molecule has 2 aromatic carbocycles. The predicted molar refractivity (Wildman–Crippen MR) is 108 cm³/mol. The minimum atomic E-state index is -0.281. The number of amides is 3. The summed E-state index contributed by atoms with van der Waals surface area (Å²) < 4.78 is 0. The van der Waals surface area contributed by atoms with Crippen LogP contribution in [0.2, 0.25) is 0 Å². The molecule has 144 valence electrons. The van der Waals surface area contributed by atoms with E-state index in [1.54, 1.807) is 24.3 Å². The molecule has 2 aromatic rings. The van der Waals surface area contributed by atoms with Crippen LogP contribution in [0, 0.1) is 11.8 Å². The predicted octanol–water partition coefficient (Wildman–Crippen LogP) is 3.20. The van der Waals surface area contributed by atoms with Crippen molar-refractivity contribution in [3.05, 3.63) is 54.1 Å². The van der Waals surface area contributed by atoms with E-state index in [9.17, 15) is 14.4 Å². The van der Waals surface area contributed by atoms with Gasteiger partial charge in [-0.3, -0.25) is 14.4 Å². The van der Waals surface area contributed by atoms with Crippen molar-refractivity contribution < 1.29 is 14.4 Å². The maximum Gasteiger partial charge on any atom is 0.230 e. The largest absolute Gasteiger partial charge is 0.326 e. The van der Waals surface area contributed by atoms with Crippen LogP contribution in [0.5, 0.6) is 0 Å². The van der Waals surface area contributed by atoms with E-state index in [1.807, 2.05) is 23.1 Å². The Hall–Kier alpha value is -3.15. The van der Waals surface area contributed by atoms with Crippen LogP contribution in [0.1, 0.15) is 25.3 Å². The fourth-order valence-electron chi connectivity index (χ4n) is 3.80. The molecule has 0 bridgehead atoms. The van der Waals surface area contributed by atoms with Crippen LogP contribution in [0.15, 0.2) is 48.5 Å². The second kappa shape index (κ2) is 7.46. The zero-order chi connectivity index (χ0) is 19.7. The van der Waals surface area contributed by atoms with E-state index < -0.39 is 0 Å². The van der Waals surface area contributed by atoms with Crippen molar-refractivity contribution in [3.63, 3.8) is 0 Å². The molecule has 2 aliphatic rings. The number of hydrogen-bond acceptors (Lipinski definition) is 3. The number of aryl methyl sites for hydroxylation is 1. The molecular formula is C22H23N3O3. The molecule has 4 rings (SSSR count). The molecule has 0 aromatic heterocycles. The van der Waals surface area contributed by atoms with E-state index in [2.05, 4.69) is 16.7 Å². The van der Waals surface area contributed by atoms with Crippen molar-refractivity contribution in [3.8, 4) is 0 Å². The highest BCUT2D eigenvalue weighted by molar-refractivity contribution is 6.04. The highest BCUT2D eigenvalue weighted by Crippen LogP contribution is 2.42. The highest BCUT2D eigenvalue weighted by atomic mass is 16.2. The van der Waals surface area contributed by atoms with Crippen LogP contribution in [0.25, 0.3) is 0 Å². The minimum absolute atomic E-state index is 0.0494. The average molecular weight is 377 g/mol. The normalized spacial score (nSPS) is 20.1. The van der Waals surface area contributed by atoms with Crippen molar-refractivity contribution in [1.82, 2.24) is 0 Å². The van der Waals surface area contributed by atoms with Gasteiger partial charge in [0.25, 0.3) is 0 Å². The van der Waals surface area contributed by atoms with Gasteiger partial charge in [0, 0.05) is 30.5 Å². The first-order chi connectivity index (χ1) is 13.5. The number of benzene rings is 2. The van der Waals surface area contributed by atoms with Crippen LogP contribution in [0.3, 0.4) is 0 Å². The standard InChI is InChI=1S/C22H23N3O3/c1-14(26)23-16-8-10-17(11-9-16)24-21(27)18-13-19(18)22(28)25-12-4-6-15-5-2-3-7-20(15)25/h2-3,5,7-11,18-19H,4,6,12-13H2,1H3,(H,23,26)(H,24,27). The lowest BCUT2D eigenvalue weighted by molar-refractivity contribution is -0.123. The van der Waals surface area contributed by atoms with E-state index in [0.717, 1.165) is 18.5 Å². The van der Waals surface area contributed by atoms with Gasteiger partial charge in [0.1, 0.15) is 0 Å². The maximum atomic E-state index is 12.9. The third-order valence-electron chi connectivity index (χ3n) is 5.29. The zero-order valence-electron chi connectivity index (χ0n) is 15.8. The quantitative estimate of drug-likeness (QED) is 0.859. The molecule has 2 unspecified atom stereocenters. The molecule has 1 aliphatic carbocycles. The molecule has 6 nitrogen and oxygen atoms in total. The zero-order valence-corrected chi connectivity index (χ0v) is 15.8. The van der Waals surface area contributed by atoms with Gasteiger partial charge in [-0.05, 0) is 55.2 Å². The van der Waals surface area contributed by atoms with Gasteiger partial charge < -0.3 is 15.5 Å². The topological polar surface area (TPSA) is 78.5 Å². The van der Waals surface area contributed by atoms with Gasteiger partial charge in [0.15, 0.2) is 0 Å². The van der Waals surface area contributed by atoms with Crippen molar-refractivity contribution in [2.45, 2.75) is 26.2 Å². The van der Waals surface area contributed by atoms with E-state index in [0.29, 0.717) is 24.3 Å². The molecule has 0 saturated heterocycles. The number of para-hydroxylation sites is 1. The number of carbonyl (C=O) groups is 3. The van der Waals surface area contributed by atoms with E-state index in [1.165, 1.54) is 12.5 Å². The van der Waals surface area contributed by atoms with Gasteiger partial charge in [-0.25, -0.2) is 0 Å². The first-order valence-electron chi connectivity index (χ1n) is 9.61. The Morgan fingerprint density at radius 2 is 1.61 bits per heavy atom. The fourth-order valence-corrected chi connectivity index (χ4v) is 3.80. The van der Waals surface area contributed by atoms with Crippen molar-refractivity contribution in [2.75, 3.05) is 22.1 Å². The molecule has 3 amide bonds. The number of nitrogens with one attached hydrogen (secondary N) is 2. The molecule has 1 fully saturated rings. The Labute approximate surface area is 163 Å². The molecule has 2 N–H and O–H groups in total. The Kier molecular flexibility index (Phi) is 4.86. The lowest BCUT2D eigenvalue weighted by atomic mass is 10.0. The minimum Gasteiger partial charge on any atom is -0.326 e. The van der Waals surface area contributed by atoms with E-state index in [4.69, 9.17) is 0 Å². The number of anilines is 3. The lowest BCUT2D eigenvalue weighted by Crippen LogP contribution is -2.37. The molecule has 2 atom stereocenters. The van der Waals surface area contributed by atoms with Gasteiger partial charge in [0.05, 0.1) is 11.8 Å². The SMILES string of the molecule is CC(=O)Nc1ccc(NC(=O)C2CC2C(=O)N2CCCc3ccccc32)cc1. The summed E-state index contributed by atoms with van der Waals surface area (Å²) in [7, 11) is 0. The number of rotatable bonds is 4.